The zero-order valence-corrected chi connectivity index (χ0v) is 14.9. The molecule has 2 nitrogen and oxygen atoms in total. The normalized spacial score (nSPS) is 11.0. The van der Waals surface area contributed by atoms with Gasteiger partial charge in [-0.1, -0.05) is 46.3 Å². The van der Waals surface area contributed by atoms with Gasteiger partial charge < -0.3 is 0 Å². The van der Waals surface area contributed by atoms with E-state index in [2.05, 4.69) is 84.6 Å². The van der Waals surface area contributed by atoms with Crippen molar-refractivity contribution in [1.29, 1.82) is 0 Å². The summed E-state index contributed by atoms with van der Waals surface area (Å²) in [4.78, 5) is 4.81. The van der Waals surface area contributed by atoms with Gasteiger partial charge in [-0.2, -0.15) is 0 Å². The van der Waals surface area contributed by atoms with Crippen LogP contribution in [0, 0.1) is 27.7 Å². The number of rotatable bonds is 2. The van der Waals surface area contributed by atoms with Gasteiger partial charge in [-0.3, -0.25) is 4.57 Å². The Labute approximate surface area is 140 Å². The molecule has 1 heterocycles. The van der Waals surface area contributed by atoms with Crippen LogP contribution in [-0.2, 0) is 0 Å². The fourth-order valence-corrected chi connectivity index (χ4v) is 3.61. The summed E-state index contributed by atoms with van der Waals surface area (Å²) in [6.45, 7) is 8.50. The molecular formula is C19H19BrN2. The van der Waals surface area contributed by atoms with Gasteiger partial charge in [-0.05, 0) is 51.0 Å². The molecule has 0 amide bonds. The van der Waals surface area contributed by atoms with Crippen molar-refractivity contribution in [3.8, 4) is 17.1 Å². The van der Waals surface area contributed by atoms with Crippen molar-refractivity contribution in [2.24, 2.45) is 0 Å². The van der Waals surface area contributed by atoms with Gasteiger partial charge >= 0.3 is 0 Å². The van der Waals surface area contributed by atoms with Gasteiger partial charge in [0.25, 0.3) is 0 Å². The monoisotopic (exact) mass is 354 g/mol. The SMILES string of the molecule is Cc1cc(Br)cc(C)c1-n1c(-c2ccccc2)nc(C)c1C. The van der Waals surface area contributed by atoms with Crippen molar-refractivity contribution in [2.75, 3.05) is 0 Å². The Kier molecular flexibility index (Phi) is 3.92. The van der Waals surface area contributed by atoms with Crippen LogP contribution >= 0.6 is 15.9 Å². The van der Waals surface area contributed by atoms with Crippen LogP contribution in [0.2, 0.25) is 0 Å². The summed E-state index contributed by atoms with van der Waals surface area (Å²) in [5.41, 5.74) is 7.10. The van der Waals surface area contributed by atoms with Gasteiger partial charge in [0, 0.05) is 15.7 Å². The molecule has 0 aliphatic heterocycles. The minimum Gasteiger partial charge on any atom is -0.296 e. The van der Waals surface area contributed by atoms with E-state index in [4.69, 9.17) is 4.98 Å². The molecule has 0 N–H and O–H groups in total. The molecule has 3 aromatic rings. The van der Waals surface area contributed by atoms with Crippen molar-refractivity contribution >= 4 is 15.9 Å². The van der Waals surface area contributed by atoms with Gasteiger partial charge in [0.1, 0.15) is 5.82 Å². The molecule has 1 aromatic heterocycles. The van der Waals surface area contributed by atoms with Crippen LogP contribution < -0.4 is 0 Å². The molecule has 3 rings (SSSR count). The minimum absolute atomic E-state index is 1.00. The molecule has 0 unspecified atom stereocenters. The van der Waals surface area contributed by atoms with Crippen LogP contribution in [-0.4, -0.2) is 9.55 Å². The molecule has 3 heteroatoms. The number of aryl methyl sites for hydroxylation is 3. The Hall–Kier alpha value is -1.87. The maximum Gasteiger partial charge on any atom is 0.145 e. The van der Waals surface area contributed by atoms with Crippen LogP contribution in [0.15, 0.2) is 46.9 Å². The average Bonchev–Trinajstić information content (AvgIpc) is 2.76. The van der Waals surface area contributed by atoms with E-state index in [1.807, 2.05) is 6.07 Å². The second-order valence-corrected chi connectivity index (χ2v) is 6.61. The first-order valence-electron chi connectivity index (χ1n) is 7.37. The molecule has 0 spiro atoms. The lowest BCUT2D eigenvalue weighted by atomic mass is 10.1. The lowest BCUT2D eigenvalue weighted by molar-refractivity contribution is 0.982. The van der Waals surface area contributed by atoms with E-state index in [0.29, 0.717) is 0 Å². The average molecular weight is 355 g/mol. The van der Waals surface area contributed by atoms with Gasteiger partial charge in [0.15, 0.2) is 0 Å². The number of hydrogen-bond acceptors (Lipinski definition) is 1. The number of benzene rings is 2. The Balaban J connectivity index is 2.33. The first-order valence-corrected chi connectivity index (χ1v) is 8.17. The number of aromatic nitrogens is 2. The molecule has 0 fully saturated rings. The van der Waals surface area contributed by atoms with Crippen LogP contribution in [0.25, 0.3) is 17.1 Å². The molecular weight excluding hydrogens is 336 g/mol. The van der Waals surface area contributed by atoms with Crippen LogP contribution in [0.4, 0.5) is 0 Å². The van der Waals surface area contributed by atoms with Crippen LogP contribution in [0.3, 0.4) is 0 Å². The van der Waals surface area contributed by atoms with Crippen molar-refractivity contribution in [1.82, 2.24) is 9.55 Å². The number of imidazole rings is 1. The van der Waals surface area contributed by atoms with Crippen molar-refractivity contribution in [3.05, 3.63) is 69.5 Å². The van der Waals surface area contributed by atoms with Crippen molar-refractivity contribution < 1.29 is 0 Å². The molecule has 0 saturated heterocycles. The molecule has 0 aliphatic carbocycles. The van der Waals surface area contributed by atoms with Gasteiger partial charge in [-0.25, -0.2) is 4.98 Å². The summed E-state index contributed by atoms with van der Waals surface area (Å²) in [5, 5.41) is 0. The third-order valence-electron chi connectivity index (χ3n) is 4.06. The number of nitrogens with zero attached hydrogens (tertiary/aromatic N) is 2. The van der Waals surface area contributed by atoms with E-state index >= 15 is 0 Å². The lowest BCUT2D eigenvalue weighted by Crippen LogP contribution is -2.04. The highest BCUT2D eigenvalue weighted by Gasteiger charge is 2.17. The van der Waals surface area contributed by atoms with Crippen LogP contribution in [0.5, 0.6) is 0 Å². The fourth-order valence-electron chi connectivity index (χ4n) is 2.92. The highest BCUT2D eigenvalue weighted by molar-refractivity contribution is 9.10. The summed E-state index contributed by atoms with van der Waals surface area (Å²) in [5.74, 6) is 1.00. The third-order valence-corrected chi connectivity index (χ3v) is 4.51. The van der Waals surface area contributed by atoms with E-state index in [1.165, 1.54) is 22.5 Å². The van der Waals surface area contributed by atoms with Crippen molar-refractivity contribution in [2.45, 2.75) is 27.7 Å². The predicted molar refractivity (Wildman–Crippen MR) is 95.6 cm³/mol. The van der Waals surface area contributed by atoms with E-state index in [1.54, 1.807) is 0 Å². The topological polar surface area (TPSA) is 17.8 Å². The molecule has 0 aliphatic rings. The second-order valence-electron chi connectivity index (χ2n) is 5.70. The van der Waals surface area contributed by atoms with Gasteiger partial charge in [-0.15, -0.1) is 0 Å². The molecule has 0 atom stereocenters. The first kappa shape index (κ1) is 15.0. The quantitative estimate of drug-likeness (QED) is 0.591. The molecule has 0 bridgehead atoms. The zero-order chi connectivity index (χ0) is 15.9. The molecule has 112 valence electrons. The van der Waals surface area contributed by atoms with E-state index in [0.717, 1.165) is 21.6 Å². The summed E-state index contributed by atoms with van der Waals surface area (Å²) in [7, 11) is 0. The standard InChI is InChI=1S/C19H19BrN2/c1-12-10-17(20)11-13(2)18(12)22-15(4)14(3)21-19(22)16-8-6-5-7-9-16/h5-11H,1-4H3. The molecule has 0 radical (unpaired) electrons. The summed E-state index contributed by atoms with van der Waals surface area (Å²) in [6.07, 6.45) is 0. The fraction of sp³-hybridized carbons (Fsp3) is 0.211. The molecule has 0 saturated carbocycles. The van der Waals surface area contributed by atoms with Gasteiger partial charge in [0.2, 0.25) is 0 Å². The highest BCUT2D eigenvalue weighted by Crippen LogP contribution is 2.31. The minimum atomic E-state index is 1.00. The van der Waals surface area contributed by atoms with E-state index in [-0.39, 0.29) is 0 Å². The Morgan fingerprint density at radius 2 is 1.50 bits per heavy atom. The Morgan fingerprint density at radius 3 is 2.09 bits per heavy atom. The second kappa shape index (κ2) is 5.73. The number of halogens is 1. The Bertz CT molecular complexity index is 809. The van der Waals surface area contributed by atoms with E-state index < -0.39 is 0 Å². The van der Waals surface area contributed by atoms with Gasteiger partial charge in [0.05, 0.1) is 11.4 Å². The maximum absolute atomic E-state index is 4.81. The number of hydrogen-bond donors (Lipinski definition) is 0. The molecule has 22 heavy (non-hydrogen) atoms. The highest BCUT2D eigenvalue weighted by atomic mass is 79.9. The summed E-state index contributed by atoms with van der Waals surface area (Å²) >= 11 is 3.58. The van der Waals surface area contributed by atoms with Crippen LogP contribution in [0.1, 0.15) is 22.5 Å². The smallest absolute Gasteiger partial charge is 0.145 e. The third kappa shape index (κ3) is 2.50. The Morgan fingerprint density at radius 1 is 0.909 bits per heavy atom. The summed E-state index contributed by atoms with van der Waals surface area (Å²) < 4.78 is 3.39. The maximum atomic E-state index is 4.81. The predicted octanol–water partition coefficient (Wildman–Crippen LogP) is 5.54. The van der Waals surface area contributed by atoms with Crippen molar-refractivity contribution in [3.63, 3.8) is 0 Å². The first-order chi connectivity index (χ1) is 10.5. The van der Waals surface area contributed by atoms with E-state index in [9.17, 15) is 0 Å². The molecule has 2 aromatic carbocycles. The lowest BCUT2D eigenvalue weighted by Gasteiger charge is -2.16. The summed E-state index contributed by atoms with van der Waals surface area (Å²) in [6, 6.07) is 14.7. The zero-order valence-electron chi connectivity index (χ0n) is 13.3. The largest absolute Gasteiger partial charge is 0.296 e.